The van der Waals surface area contributed by atoms with Crippen LogP contribution in [0, 0.1) is 0 Å². The van der Waals surface area contributed by atoms with E-state index in [1.165, 1.54) is 65.6 Å². The van der Waals surface area contributed by atoms with E-state index < -0.39 is 0 Å². The van der Waals surface area contributed by atoms with Gasteiger partial charge in [-0.05, 0) is 68.1 Å². The van der Waals surface area contributed by atoms with E-state index in [1.807, 2.05) is 0 Å². The highest BCUT2D eigenvalue weighted by atomic mass is 15.0. The predicted octanol–water partition coefficient (Wildman–Crippen LogP) is 9.83. The summed E-state index contributed by atoms with van der Waals surface area (Å²) in [5.41, 5.74) is 10.7. The summed E-state index contributed by atoms with van der Waals surface area (Å²) in [5, 5.41) is 9.90. The molecule has 0 spiro atoms. The van der Waals surface area contributed by atoms with E-state index in [4.69, 9.17) is 9.97 Å². The maximum Gasteiger partial charge on any atom is 0.0971 e. The Labute approximate surface area is 234 Å². The molecule has 0 saturated heterocycles. The van der Waals surface area contributed by atoms with Crippen LogP contribution in [0.3, 0.4) is 0 Å². The monoisotopic (exact) mass is 519 g/mol. The summed E-state index contributed by atoms with van der Waals surface area (Å²) in [4.78, 5) is 9.48. The number of aromatic nitrogens is 3. The Kier molecular flexibility index (Phi) is 3.93. The number of hydrogen-bond donors (Lipinski definition) is 0. The van der Waals surface area contributed by atoms with Crippen molar-refractivity contribution in [1.82, 2.24) is 14.5 Å². The Morgan fingerprint density at radius 3 is 1.85 bits per heavy atom. The minimum absolute atomic E-state index is 0.943. The van der Waals surface area contributed by atoms with Gasteiger partial charge in [0.05, 0.1) is 22.1 Å². The summed E-state index contributed by atoms with van der Waals surface area (Å²) >= 11 is 0. The van der Waals surface area contributed by atoms with Gasteiger partial charge in [-0.1, -0.05) is 91.0 Å². The molecule has 9 aromatic rings. The molecule has 0 saturated carbocycles. The number of fused-ring (bicyclic) bond motifs is 9. The van der Waals surface area contributed by atoms with E-state index in [-0.39, 0.29) is 0 Å². The first kappa shape index (κ1) is 21.3. The van der Waals surface area contributed by atoms with Crippen LogP contribution in [0.4, 0.5) is 0 Å². The lowest BCUT2D eigenvalue weighted by molar-refractivity contribution is 1.19. The van der Waals surface area contributed by atoms with E-state index in [0.717, 1.165) is 27.5 Å². The molecule has 0 bridgehead atoms. The van der Waals surface area contributed by atoms with Crippen LogP contribution >= 0.6 is 0 Å². The van der Waals surface area contributed by atoms with E-state index in [9.17, 15) is 0 Å². The van der Waals surface area contributed by atoms with Crippen LogP contribution < -0.4 is 0 Å². The van der Waals surface area contributed by atoms with Gasteiger partial charge in [-0.15, -0.1) is 0 Å². The molecule has 0 fully saturated rings. The molecule has 3 nitrogen and oxygen atoms in total. The molecule has 1 aliphatic carbocycles. The molecule has 0 atom stereocenters. The minimum atomic E-state index is 0.943. The third kappa shape index (κ3) is 2.63. The lowest BCUT2D eigenvalue weighted by Gasteiger charge is -2.15. The second-order valence-electron chi connectivity index (χ2n) is 11.0. The molecule has 188 valence electrons. The summed E-state index contributed by atoms with van der Waals surface area (Å²) in [6.45, 7) is 0. The highest BCUT2D eigenvalue weighted by molar-refractivity contribution is 6.30. The SMILES string of the molecule is c1ccc2c(c1)-c1cccc3ccc4c(c13)c1c-2cccc1n4-c1ccc2c(c1)c1ccccc1c1nccnc21. The zero-order valence-electron chi connectivity index (χ0n) is 22.0. The van der Waals surface area contributed by atoms with Crippen LogP contribution in [0.5, 0.6) is 0 Å². The summed E-state index contributed by atoms with van der Waals surface area (Å²) in [6.07, 6.45) is 3.57. The van der Waals surface area contributed by atoms with Gasteiger partial charge in [0.15, 0.2) is 0 Å². The van der Waals surface area contributed by atoms with Crippen molar-refractivity contribution in [2.75, 3.05) is 0 Å². The molecule has 0 radical (unpaired) electrons. The van der Waals surface area contributed by atoms with E-state index in [1.54, 1.807) is 12.4 Å². The van der Waals surface area contributed by atoms with Gasteiger partial charge >= 0.3 is 0 Å². The summed E-state index contributed by atoms with van der Waals surface area (Å²) < 4.78 is 2.45. The van der Waals surface area contributed by atoms with Crippen molar-refractivity contribution in [3.8, 4) is 27.9 Å². The first-order chi connectivity index (χ1) is 20.4. The number of benzene rings is 7. The molecular formula is C38H21N3. The van der Waals surface area contributed by atoms with E-state index in [2.05, 4.69) is 120 Å². The van der Waals surface area contributed by atoms with Gasteiger partial charge in [0.1, 0.15) is 0 Å². The first-order valence-corrected chi connectivity index (χ1v) is 14.0. The molecule has 2 heterocycles. The molecule has 3 heteroatoms. The summed E-state index contributed by atoms with van der Waals surface area (Å²) in [6, 6.07) is 42.3. The standard InChI is InChI=1S/C38H21N3/c1-2-9-25-24(8-1)27-12-5-7-22-15-18-33-36(34(22)27)35-28(25)13-6-14-32(35)41(33)23-16-17-30-31(21-23)26-10-3-4-11-29(26)37-38(30)40-20-19-39-37/h1-21H. The average Bonchev–Trinajstić information content (AvgIpc) is 3.32. The summed E-state index contributed by atoms with van der Waals surface area (Å²) in [7, 11) is 0. The largest absolute Gasteiger partial charge is 0.309 e. The van der Waals surface area contributed by atoms with Crippen molar-refractivity contribution in [1.29, 1.82) is 0 Å². The van der Waals surface area contributed by atoms with Crippen LogP contribution in [0.1, 0.15) is 0 Å². The second kappa shape index (κ2) is 7.56. The zero-order chi connectivity index (χ0) is 26.7. The highest BCUT2D eigenvalue weighted by Crippen LogP contribution is 2.49. The van der Waals surface area contributed by atoms with Crippen LogP contribution in [0.15, 0.2) is 128 Å². The van der Waals surface area contributed by atoms with Gasteiger partial charge in [-0.2, -0.15) is 0 Å². The van der Waals surface area contributed by atoms with Crippen molar-refractivity contribution in [2.45, 2.75) is 0 Å². The van der Waals surface area contributed by atoms with E-state index >= 15 is 0 Å². The fourth-order valence-electron chi connectivity index (χ4n) is 7.36. The molecule has 0 unspecified atom stereocenters. The van der Waals surface area contributed by atoms with Gasteiger partial charge in [0.25, 0.3) is 0 Å². The Hall–Kier alpha value is -5.54. The van der Waals surface area contributed by atoms with Crippen molar-refractivity contribution >= 4 is 65.2 Å². The minimum Gasteiger partial charge on any atom is -0.309 e. The Balaban J connectivity index is 1.40. The lowest BCUT2D eigenvalue weighted by atomic mass is 9.93. The lowest BCUT2D eigenvalue weighted by Crippen LogP contribution is -1.96. The summed E-state index contributed by atoms with van der Waals surface area (Å²) in [5.74, 6) is 0. The molecule has 0 aliphatic heterocycles. The maximum atomic E-state index is 4.77. The Morgan fingerprint density at radius 1 is 0.415 bits per heavy atom. The average molecular weight is 520 g/mol. The molecule has 7 aromatic carbocycles. The second-order valence-corrected chi connectivity index (χ2v) is 11.0. The Morgan fingerprint density at radius 2 is 1.05 bits per heavy atom. The van der Waals surface area contributed by atoms with E-state index in [0.29, 0.717) is 0 Å². The van der Waals surface area contributed by atoms with Crippen LogP contribution in [-0.4, -0.2) is 14.5 Å². The molecule has 41 heavy (non-hydrogen) atoms. The topological polar surface area (TPSA) is 30.7 Å². The molecule has 1 aliphatic rings. The predicted molar refractivity (Wildman–Crippen MR) is 171 cm³/mol. The zero-order valence-corrected chi connectivity index (χ0v) is 22.0. The highest BCUT2D eigenvalue weighted by Gasteiger charge is 2.24. The van der Waals surface area contributed by atoms with Gasteiger partial charge < -0.3 is 4.57 Å². The maximum absolute atomic E-state index is 4.77. The fourth-order valence-corrected chi connectivity index (χ4v) is 7.36. The number of rotatable bonds is 1. The van der Waals surface area contributed by atoms with Crippen LogP contribution in [0.2, 0.25) is 0 Å². The van der Waals surface area contributed by atoms with Crippen LogP contribution in [-0.2, 0) is 0 Å². The Bertz CT molecular complexity index is 2550. The number of hydrogen-bond acceptors (Lipinski definition) is 2. The van der Waals surface area contributed by atoms with Gasteiger partial charge in [-0.25, -0.2) is 0 Å². The van der Waals surface area contributed by atoms with Crippen LogP contribution in [0.25, 0.3) is 93.1 Å². The number of nitrogens with zero attached hydrogens (tertiary/aromatic N) is 3. The molecule has 0 amide bonds. The molecule has 10 rings (SSSR count). The fraction of sp³-hybridized carbons (Fsp3) is 0. The first-order valence-electron chi connectivity index (χ1n) is 14.0. The molecule has 0 N–H and O–H groups in total. The van der Waals surface area contributed by atoms with Crippen molar-refractivity contribution in [3.63, 3.8) is 0 Å². The quantitative estimate of drug-likeness (QED) is 0.202. The van der Waals surface area contributed by atoms with Crippen molar-refractivity contribution in [2.24, 2.45) is 0 Å². The van der Waals surface area contributed by atoms with Crippen molar-refractivity contribution in [3.05, 3.63) is 128 Å². The van der Waals surface area contributed by atoms with Gasteiger partial charge in [-0.3, -0.25) is 9.97 Å². The van der Waals surface area contributed by atoms with Gasteiger partial charge in [0.2, 0.25) is 0 Å². The van der Waals surface area contributed by atoms with Crippen molar-refractivity contribution < 1.29 is 0 Å². The third-order valence-electron chi connectivity index (χ3n) is 8.99. The third-order valence-corrected chi connectivity index (χ3v) is 8.99. The normalized spacial score (nSPS) is 12.4. The molecule has 2 aromatic heterocycles. The molecular weight excluding hydrogens is 498 g/mol. The smallest absolute Gasteiger partial charge is 0.0971 e. The van der Waals surface area contributed by atoms with Gasteiger partial charge in [0, 0.05) is 39.6 Å².